The van der Waals surface area contributed by atoms with E-state index >= 15 is 0 Å². The van der Waals surface area contributed by atoms with Crippen molar-refractivity contribution in [3.63, 3.8) is 0 Å². The van der Waals surface area contributed by atoms with Crippen molar-refractivity contribution >= 4 is 51.2 Å². The lowest BCUT2D eigenvalue weighted by Crippen LogP contribution is -2.22. The first-order valence-corrected chi connectivity index (χ1v) is 7.04. The Kier molecular flexibility index (Phi) is 4.41. The summed E-state index contributed by atoms with van der Waals surface area (Å²) in [5, 5.41) is 0.520. The molecule has 0 radical (unpaired) electrons. The predicted molar refractivity (Wildman–Crippen MR) is 80.7 cm³/mol. The minimum Gasteiger partial charge on any atom is -0.461 e. The minimum atomic E-state index is -0.713. The zero-order valence-corrected chi connectivity index (χ0v) is 12.9. The first-order valence-electron chi connectivity index (χ1n) is 5.59. The summed E-state index contributed by atoms with van der Waals surface area (Å²) in [6.07, 6.45) is 0.685. The van der Waals surface area contributed by atoms with Gasteiger partial charge in [-0.15, -0.1) is 0 Å². The monoisotopic (exact) mass is 392 g/mol. The van der Waals surface area contributed by atoms with E-state index < -0.39 is 11.5 Å². The highest BCUT2D eigenvalue weighted by Gasteiger charge is 2.15. The average molecular weight is 393 g/mol. The van der Waals surface area contributed by atoms with Crippen LogP contribution in [0.2, 0.25) is 5.02 Å². The molecule has 0 aliphatic heterocycles. The van der Waals surface area contributed by atoms with E-state index in [0.717, 1.165) is 3.57 Å². The van der Waals surface area contributed by atoms with Gasteiger partial charge in [0.05, 0.1) is 22.7 Å². The van der Waals surface area contributed by atoms with Crippen LogP contribution in [0.15, 0.2) is 16.9 Å². The number of nitrogens with one attached hydrogen (secondary N) is 1. The Morgan fingerprint density at radius 3 is 2.95 bits per heavy atom. The molecule has 1 aromatic carbocycles. The normalized spacial score (nSPS) is 10.7. The van der Waals surface area contributed by atoms with Gasteiger partial charge >= 0.3 is 5.97 Å². The second kappa shape index (κ2) is 5.87. The van der Waals surface area contributed by atoms with E-state index in [1.807, 2.05) is 6.92 Å². The lowest BCUT2D eigenvalue weighted by molar-refractivity contribution is 0.0496. The Morgan fingerprint density at radius 1 is 1.53 bits per heavy atom. The maximum atomic E-state index is 11.8. The van der Waals surface area contributed by atoms with Crippen LogP contribution in [0.3, 0.4) is 0 Å². The van der Waals surface area contributed by atoms with Crippen LogP contribution >= 0.6 is 34.2 Å². The number of benzene rings is 1. The van der Waals surface area contributed by atoms with E-state index in [9.17, 15) is 9.59 Å². The molecule has 0 saturated heterocycles. The fourth-order valence-electron chi connectivity index (χ4n) is 1.48. The molecule has 0 unspecified atom stereocenters. The van der Waals surface area contributed by atoms with Crippen molar-refractivity contribution < 1.29 is 9.53 Å². The highest BCUT2D eigenvalue weighted by Crippen LogP contribution is 2.22. The maximum absolute atomic E-state index is 11.8. The van der Waals surface area contributed by atoms with Crippen LogP contribution in [0.4, 0.5) is 0 Å². The molecule has 1 aromatic heterocycles. The van der Waals surface area contributed by atoms with Gasteiger partial charge in [0, 0.05) is 3.57 Å². The van der Waals surface area contributed by atoms with Gasteiger partial charge in [0.25, 0.3) is 5.56 Å². The number of hydrogen-bond donors (Lipinski definition) is 1. The molecule has 19 heavy (non-hydrogen) atoms. The number of hydrogen-bond acceptors (Lipinski definition) is 4. The number of H-pyrrole nitrogens is 1. The standard InChI is InChI=1S/C12H10ClIN2O3/c1-2-3-19-12(18)10-11(17)16-8-4-6(13)7(14)5-9(8)15-10/h4-5H,2-3H2,1H3,(H,16,17). The van der Waals surface area contributed by atoms with E-state index in [1.165, 1.54) is 0 Å². The summed E-state index contributed by atoms with van der Waals surface area (Å²) in [4.78, 5) is 30.1. The fourth-order valence-corrected chi connectivity index (χ4v) is 2.10. The van der Waals surface area contributed by atoms with Crippen molar-refractivity contribution in [3.05, 3.63) is 36.8 Å². The van der Waals surface area contributed by atoms with Crippen molar-refractivity contribution in [2.75, 3.05) is 6.61 Å². The van der Waals surface area contributed by atoms with Crippen molar-refractivity contribution in [1.29, 1.82) is 0 Å². The molecule has 2 aromatic rings. The quantitative estimate of drug-likeness (QED) is 0.644. The number of aromatic amines is 1. The van der Waals surface area contributed by atoms with E-state index in [1.54, 1.807) is 12.1 Å². The Hall–Kier alpha value is -1.15. The highest BCUT2D eigenvalue weighted by atomic mass is 127. The fraction of sp³-hybridized carbons (Fsp3) is 0.250. The molecule has 5 nitrogen and oxygen atoms in total. The summed E-state index contributed by atoms with van der Waals surface area (Å²) >= 11 is 8.01. The van der Waals surface area contributed by atoms with Crippen molar-refractivity contribution in [2.24, 2.45) is 0 Å². The number of esters is 1. The van der Waals surface area contributed by atoms with Crippen LogP contribution in [-0.2, 0) is 4.74 Å². The van der Waals surface area contributed by atoms with Crippen molar-refractivity contribution in [2.45, 2.75) is 13.3 Å². The molecule has 0 amide bonds. The van der Waals surface area contributed by atoms with Gasteiger partial charge in [-0.05, 0) is 41.1 Å². The molecule has 1 heterocycles. The van der Waals surface area contributed by atoms with Crippen LogP contribution in [0, 0.1) is 3.57 Å². The molecule has 0 saturated carbocycles. The topological polar surface area (TPSA) is 72.0 Å². The first kappa shape index (κ1) is 14.3. The largest absolute Gasteiger partial charge is 0.461 e. The second-order valence-electron chi connectivity index (χ2n) is 3.83. The molecule has 0 aliphatic carbocycles. The predicted octanol–water partition coefficient (Wildman–Crippen LogP) is 2.75. The summed E-state index contributed by atoms with van der Waals surface area (Å²) in [7, 11) is 0. The van der Waals surface area contributed by atoms with Gasteiger partial charge in [-0.1, -0.05) is 18.5 Å². The average Bonchev–Trinajstić information content (AvgIpc) is 2.37. The number of carbonyl (C=O) groups is 1. The molecule has 0 atom stereocenters. The molecule has 1 N–H and O–H groups in total. The molecule has 0 spiro atoms. The third-order valence-corrected chi connectivity index (χ3v) is 3.89. The molecule has 100 valence electrons. The number of halogens is 2. The highest BCUT2D eigenvalue weighted by molar-refractivity contribution is 14.1. The minimum absolute atomic E-state index is 0.237. The lowest BCUT2D eigenvalue weighted by Gasteiger charge is -2.04. The van der Waals surface area contributed by atoms with Gasteiger partial charge in [-0.25, -0.2) is 9.78 Å². The summed E-state index contributed by atoms with van der Waals surface area (Å²) in [6, 6.07) is 3.30. The zero-order chi connectivity index (χ0) is 14.0. The van der Waals surface area contributed by atoms with E-state index in [2.05, 4.69) is 32.6 Å². The Balaban J connectivity index is 2.52. The number of ether oxygens (including phenoxy) is 1. The molecule has 2 rings (SSSR count). The SMILES string of the molecule is CCCOC(=O)c1nc2cc(I)c(Cl)cc2[nH]c1=O. The first-order chi connectivity index (χ1) is 9.02. The smallest absolute Gasteiger partial charge is 0.362 e. The summed E-state index contributed by atoms with van der Waals surface area (Å²) in [6.45, 7) is 2.13. The van der Waals surface area contributed by atoms with Crippen LogP contribution in [0.5, 0.6) is 0 Å². The number of rotatable bonds is 3. The molecule has 0 bridgehead atoms. The van der Waals surface area contributed by atoms with E-state index in [0.29, 0.717) is 22.5 Å². The summed E-state index contributed by atoms with van der Waals surface area (Å²) < 4.78 is 5.70. The van der Waals surface area contributed by atoms with E-state index in [-0.39, 0.29) is 12.3 Å². The van der Waals surface area contributed by atoms with Crippen molar-refractivity contribution in [1.82, 2.24) is 9.97 Å². The Bertz CT molecular complexity index is 699. The summed E-state index contributed by atoms with van der Waals surface area (Å²) in [5.74, 6) is -0.713. The Morgan fingerprint density at radius 2 is 2.26 bits per heavy atom. The van der Waals surface area contributed by atoms with Gasteiger partial charge in [-0.2, -0.15) is 0 Å². The lowest BCUT2D eigenvalue weighted by atomic mass is 10.3. The van der Waals surface area contributed by atoms with Gasteiger partial charge in [-0.3, -0.25) is 4.79 Å². The van der Waals surface area contributed by atoms with Crippen LogP contribution < -0.4 is 5.56 Å². The van der Waals surface area contributed by atoms with Gasteiger partial charge < -0.3 is 9.72 Å². The molecular formula is C12H10ClIN2O3. The Labute approximate surface area is 127 Å². The third kappa shape index (κ3) is 3.06. The van der Waals surface area contributed by atoms with Crippen LogP contribution in [-0.4, -0.2) is 22.5 Å². The van der Waals surface area contributed by atoms with Gasteiger partial charge in [0.1, 0.15) is 0 Å². The molecule has 7 heteroatoms. The number of carbonyl (C=O) groups excluding carboxylic acids is 1. The van der Waals surface area contributed by atoms with Gasteiger partial charge in [0.2, 0.25) is 5.69 Å². The van der Waals surface area contributed by atoms with Gasteiger partial charge in [0.15, 0.2) is 0 Å². The number of nitrogens with zero attached hydrogens (tertiary/aromatic N) is 1. The molecule has 0 aliphatic rings. The summed E-state index contributed by atoms with van der Waals surface area (Å²) in [5.41, 5.74) is 0.171. The zero-order valence-electron chi connectivity index (χ0n) is 10.00. The molecule has 0 fully saturated rings. The van der Waals surface area contributed by atoms with Crippen molar-refractivity contribution in [3.8, 4) is 0 Å². The third-order valence-electron chi connectivity index (χ3n) is 2.36. The van der Waals surface area contributed by atoms with Crippen LogP contribution in [0.25, 0.3) is 11.0 Å². The number of fused-ring (bicyclic) bond motifs is 1. The van der Waals surface area contributed by atoms with E-state index in [4.69, 9.17) is 16.3 Å². The second-order valence-corrected chi connectivity index (χ2v) is 5.40. The maximum Gasteiger partial charge on any atom is 0.362 e. The molecular weight excluding hydrogens is 383 g/mol. The number of aromatic nitrogens is 2. The van der Waals surface area contributed by atoms with Crippen LogP contribution in [0.1, 0.15) is 23.8 Å².